The highest BCUT2D eigenvalue weighted by molar-refractivity contribution is 6.30. The lowest BCUT2D eigenvalue weighted by atomic mass is 9.92. The van der Waals surface area contributed by atoms with E-state index in [9.17, 15) is 5.11 Å². The highest BCUT2D eigenvalue weighted by atomic mass is 35.5. The second kappa shape index (κ2) is 5.47. The molecule has 1 aliphatic rings. The number of hydrogen-bond acceptors (Lipinski definition) is 2. The molecule has 0 amide bonds. The zero-order valence-electron chi connectivity index (χ0n) is 11.3. The van der Waals surface area contributed by atoms with Gasteiger partial charge in [0, 0.05) is 17.0 Å². The van der Waals surface area contributed by atoms with Crippen molar-refractivity contribution in [1.29, 1.82) is 0 Å². The van der Waals surface area contributed by atoms with Gasteiger partial charge in [-0.15, -0.1) is 0 Å². The van der Waals surface area contributed by atoms with Gasteiger partial charge in [-0.2, -0.15) is 0 Å². The summed E-state index contributed by atoms with van der Waals surface area (Å²) in [5.41, 5.74) is 3.21. The maximum Gasteiger partial charge on any atom is 0.127 e. The predicted molar refractivity (Wildman–Crippen MR) is 80.2 cm³/mol. The molecule has 2 aromatic rings. The molecule has 0 saturated carbocycles. The molecule has 0 fully saturated rings. The van der Waals surface area contributed by atoms with Gasteiger partial charge in [-0.1, -0.05) is 42.8 Å². The third-order valence-electron chi connectivity index (χ3n) is 3.82. The molecule has 3 heteroatoms. The van der Waals surface area contributed by atoms with Gasteiger partial charge in [0.25, 0.3) is 0 Å². The van der Waals surface area contributed by atoms with Crippen LogP contribution in [0.4, 0.5) is 0 Å². The summed E-state index contributed by atoms with van der Waals surface area (Å²) < 4.78 is 6.07. The van der Waals surface area contributed by atoms with Crippen molar-refractivity contribution in [3.63, 3.8) is 0 Å². The van der Waals surface area contributed by atoms with E-state index in [1.807, 2.05) is 18.2 Å². The maximum atomic E-state index is 10.3. The van der Waals surface area contributed by atoms with Crippen molar-refractivity contribution in [1.82, 2.24) is 0 Å². The Balaban J connectivity index is 1.97. The predicted octanol–water partition coefficient (Wildman–Crippen LogP) is 4.46. The molecular weight excluding hydrogens is 272 g/mol. The number of aryl methyl sites for hydroxylation is 1. The fraction of sp³-hybridized carbons (Fsp3) is 0.294. The lowest BCUT2D eigenvalue weighted by Gasteiger charge is -2.31. The Morgan fingerprint density at radius 3 is 2.80 bits per heavy atom. The molecule has 0 aliphatic carbocycles. The third-order valence-corrected chi connectivity index (χ3v) is 4.06. The summed E-state index contributed by atoms with van der Waals surface area (Å²) in [6.07, 6.45) is 0.881. The molecule has 3 rings (SSSR count). The van der Waals surface area contributed by atoms with Crippen LogP contribution in [0.5, 0.6) is 5.75 Å². The molecule has 1 aliphatic heterocycles. The molecule has 2 atom stereocenters. The number of fused-ring (bicyclic) bond motifs is 1. The first-order valence-corrected chi connectivity index (χ1v) is 7.28. The highest BCUT2D eigenvalue weighted by Gasteiger charge is 2.29. The van der Waals surface area contributed by atoms with Crippen molar-refractivity contribution >= 4 is 11.6 Å². The third kappa shape index (κ3) is 2.41. The van der Waals surface area contributed by atoms with Crippen LogP contribution in [0, 0.1) is 0 Å². The van der Waals surface area contributed by atoms with Crippen LogP contribution < -0.4 is 4.74 Å². The molecule has 0 bridgehead atoms. The van der Waals surface area contributed by atoms with Crippen LogP contribution in [-0.2, 0) is 6.42 Å². The number of aliphatic hydroxyl groups is 1. The normalized spacial score (nSPS) is 21.1. The lowest BCUT2D eigenvalue weighted by Crippen LogP contribution is -2.20. The summed E-state index contributed by atoms with van der Waals surface area (Å²) in [4.78, 5) is 0. The SMILES string of the molecule is CCc1ccccc1C1C[C@H](O)c2cc(Cl)ccc2O1. The van der Waals surface area contributed by atoms with Crippen molar-refractivity contribution in [3.8, 4) is 5.75 Å². The standard InChI is InChI=1S/C17H17ClO2/c1-2-11-5-3-4-6-13(11)17-10-15(19)14-9-12(18)7-8-16(14)20-17/h3-9,15,17,19H,2,10H2,1H3/t15-,17?/m0/s1. The second-order valence-electron chi connectivity index (χ2n) is 5.09. The van der Waals surface area contributed by atoms with Crippen molar-refractivity contribution in [2.45, 2.75) is 32.0 Å². The van der Waals surface area contributed by atoms with Crippen molar-refractivity contribution in [2.75, 3.05) is 0 Å². The Bertz CT molecular complexity index is 624. The smallest absolute Gasteiger partial charge is 0.127 e. The molecular formula is C17H17ClO2. The Labute approximate surface area is 124 Å². The van der Waals surface area contributed by atoms with Gasteiger partial charge in [0.15, 0.2) is 0 Å². The van der Waals surface area contributed by atoms with Gasteiger partial charge in [0.1, 0.15) is 11.9 Å². The van der Waals surface area contributed by atoms with E-state index < -0.39 is 6.10 Å². The first-order valence-electron chi connectivity index (χ1n) is 6.91. The summed E-state index contributed by atoms with van der Waals surface area (Å²) >= 11 is 5.98. The average molecular weight is 289 g/mol. The minimum Gasteiger partial charge on any atom is -0.485 e. The monoisotopic (exact) mass is 288 g/mol. The van der Waals surface area contributed by atoms with Crippen LogP contribution in [0.15, 0.2) is 42.5 Å². The van der Waals surface area contributed by atoms with Crippen LogP contribution >= 0.6 is 11.6 Å². The fourth-order valence-electron chi connectivity index (χ4n) is 2.78. The van der Waals surface area contributed by atoms with Crippen LogP contribution in [-0.4, -0.2) is 5.11 Å². The van der Waals surface area contributed by atoms with Gasteiger partial charge in [0.2, 0.25) is 0 Å². The van der Waals surface area contributed by atoms with Gasteiger partial charge in [-0.25, -0.2) is 0 Å². The number of ether oxygens (including phenoxy) is 1. The molecule has 2 aromatic carbocycles. The fourth-order valence-corrected chi connectivity index (χ4v) is 2.96. The molecule has 2 nitrogen and oxygen atoms in total. The molecule has 104 valence electrons. The van der Waals surface area contributed by atoms with E-state index in [2.05, 4.69) is 19.1 Å². The first kappa shape index (κ1) is 13.5. The minimum atomic E-state index is -0.535. The molecule has 20 heavy (non-hydrogen) atoms. The lowest BCUT2D eigenvalue weighted by molar-refractivity contribution is 0.0653. The average Bonchev–Trinajstić information content (AvgIpc) is 2.47. The highest BCUT2D eigenvalue weighted by Crippen LogP contribution is 2.42. The summed E-state index contributed by atoms with van der Waals surface area (Å²) in [6, 6.07) is 13.7. The van der Waals surface area contributed by atoms with Gasteiger partial charge in [-0.3, -0.25) is 0 Å². The van der Waals surface area contributed by atoms with Gasteiger partial charge in [0.05, 0.1) is 6.10 Å². The van der Waals surface area contributed by atoms with E-state index in [-0.39, 0.29) is 6.10 Å². The largest absolute Gasteiger partial charge is 0.485 e. The van der Waals surface area contributed by atoms with Crippen LogP contribution in [0.3, 0.4) is 0 Å². The van der Waals surface area contributed by atoms with E-state index in [0.29, 0.717) is 11.4 Å². The van der Waals surface area contributed by atoms with Crippen LogP contribution in [0.1, 0.15) is 42.2 Å². The maximum absolute atomic E-state index is 10.3. The topological polar surface area (TPSA) is 29.5 Å². The minimum absolute atomic E-state index is 0.102. The Hall–Kier alpha value is -1.51. The van der Waals surface area contributed by atoms with E-state index in [1.54, 1.807) is 12.1 Å². The second-order valence-corrected chi connectivity index (χ2v) is 5.53. The summed E-state index contributed by atoms with van der Waals surface area (Å²) in [6.45, 7) is 2.13. The van der Waals surface area contributed by atoms with Crippen LogP contribution in [0.25, 0.3) is 0 Å². The quantitative estimate of drug-likeness (QED) is 0.884. The summed E-state index contributed by atoms with van der Waals surface area (Å²) in [5, 5.41) is 11.0. The zero-order chi connectivity index (χ0) is 14.1. The van der Waals surface area contributed by atoms with Gasteiger partial charge >= 0.3 is 0 Å². The number of rotatable bonds is 2. The molecule has 0 spiro atoms. The zero-order valence-corrected chi connectivity index (χ0v) is 12.1. The Kier molecular flexibility index (Phi) is 3.68. The van der Waals surface area contributed by atoms with Crippen molar-refractivity contribution in [2.24, 2.45) is 0 Å². The Morgan fingerprint density at radius 2 is 2.00 bits per heavy atom. The number of benzene rings is 2. The number of hydrogen-bond donors (Lipinski definition) is 1. The van der Waals surface area contributed by atoms with E-state index in [0.717, 1.165) is 23.3 Å². The first-order chi connectivity index (χ1) is 9.69. The number of aliphatic hydroxyl groups excluding tert-OH is 1. The van der Waals surface area contributed by atoms with E-state index >= 15 is 0 Å². The van der Waals surface area contributed by atoms with Crippen molar-refractivity contribution < 1.29 is 9.84 Å². The molecule has 1 N–H and O–H groups in total. The summed E-state index contributed by atoms with van der Waals surface area (Å²) in [7, 11) is 0. The van der Waals surface area contributed by atoms with E-state index in [1.165, 1.54) is 5.56 Å². The summed E-state index contributed by atoms with van der Waals surface area (Å²) in [5.74, 6) is 0.726. The molecule has 0 radical (unpaired) electrons. The van der Waals surface area contributed by atoms with E-state index in [4.69, 9.17) is 16.3 Å². The number of halogens is 1. The molecule has 0 saturated heterocycles. The molecule has 0 aromatic heterocycles. The molecule has 1 unspecified atom stereocenters. The van der Waals surface area contributed by atoms with Gasteiger partial charge < -0.3 is 9.84 Å². The van der Waals surface area contributed by atoms with Gasteiger partial charge in [-0.05, 0) is 35.7 Å². The molecule has 1 heterocycles. The van der Waals surface area contributed by atoms with Crippen molar-refractivity contribution in [3.05, 3.63) is 64.2 Å². The van der Waals surface area contributed by atoms with Crippen LogP contribution in [0.2, 0.25) is 5.02 Å². The Morgan fingerprint density at radius 1 is 1.20 bits per heavy atom.